The van der Waals surface area contributed by atoms with Gasteiger partial charge < -0.3 is 15.8 Å². The van der Waals surface area contributed by atoms with Gasteiger partial charge in [-0.2, -0.15) is 0 Å². The van der Waals surface area contributed by atoms with Gasteiger partial charge in [0, 0.05) is 18.4 Å². The Bertz CT molecular complexity index is 565. The molecule has 4 nitrogen and oxygen atoms in total. The summed E-state index contributed by atoms with van der Waals surface area (Å²) in [6, 6.07) is 3.81. The summed E-state index contributed by atoms with van der Waals surface area (Å²) in [7, 11) is 0. The highest BCUT2D eigenvalue weighted by Crippen LogP contribution is 2.50. The average molecular weight is 315 g/mol. The molecule has 2 atom stereocenters. The minimum Gasteiger partial charge on any atom is -0.378 e. The molecule has 116 valence electrons. The predicted octanol–water partition coefficient (Wildman–Crippen LogP) is 2.95. The molecular weight excluding hydrogens is 295 g/mol. The highest BCUT2D eigenvalue weighted by Gasteiger charge is 2.62. The van der Waals surface area contributed by atoms with Gasteiger partial charge in [-0.1, -0.05) is 25.4 Å². The smallest absolute Gasteiger partial charge is 0.245 e. The Labute approximate surface area is 128 Å². The fourth-order valence-corrected chi connectivity index (χ4v) is 2.86. The molecule has 1 fully saturated rings. The van der Waals surface area contributed by atoms with Crippen molar-refractivity contribution in [1.82, 2.24) is 0 Å². The molecule has 0 radical (unpaired) electrons. The van der Waals surface area contributed by atoms with Gasteiger partial charge in [0.2, 0.25) is 5.91 Å². The van der Waals surface area contributed by atoms with E-state index in [2.05, 4.69) is 5.32 Å². The van der Waals surface area contributed by atoms with Gasteiger partial charge >= 0.3 is 0 Å². The topological polar surface area (TPSA) is 64.3 Å². The Kier molecular flexibility index (Phi) is 4.29. The van der Waals surface area contributed by atoms with Gasteiger partial charge in [-0.15, -0.1) is 0 Å². The second-order valence-corrected chi connectivity index (χ2v) is 6.33. The maximum atomic E-state index is 13.0. The van der Waals surface area contributed by atoms with Crippen LogP contribution in [0.25, 0.3) is 0 Å². The Balaban J connectivity index is 2.14. The van der Waals surface area contributed by atoms with Crippen LogP contribution in [0.5, 0.6) is 0 Å². The maximum Gasteiger partial charge on any atom is 0.245 e. The van der Waals surface area contributed by atoms with Gasteiger partial charge in [0.15, 0.2) is 0 Å². The van der Waals surface area contributed by atoms with Crippen molar-refractivity contribution in [2.45, 2.75) is 38.8 Å². The van der Waals surface area contributed by atoms with Crippen LogP contribution in [-0.4, -0.2) is 24.2 Å². The number of nitrogens with one attached hydrogen (secondary N) is 1. The van der Waals surface area contributed by atoms with E-state index in [9.17, 15) is 9.18 Å². The summed E-state index contributed by atoms with van der Waals surface area (Å²) in [6.07, 6.45) is 0.389. The Morgan fingerprint density at radius 3 is 2.76 bits per heavy atom. The molecule has 3 N–H and O–H groups in total. The number of carbonyl (C=O) groups excluding carboxylic acids is 1. The van der Waals surface area contributed by atoms with Crippen molar-refractivity contribution in [3.8, 4) is 0 Å². The first-order chi connectivity index (χ1) is 9.72. The molecule has 0 aliphatic heterocycles. The zero-order chi connectivity index (χ0) is 15.8. The molecule has 1 aliphatic rings. The van der Waals surface area contributed by atoms with Crippen molar-refractivity contribution in [3.05, 3.63) is 29.0 Å². The van der Waals surface area contributed by atoms with Crippen LogP contribution in [0.1, 0.15) is 27.2 Å². The van der Waals surface area contributed by atoms with Crippen LogP contribution in [0.4, 0.5) is 10.1 Å². The van der Waals surface area contributed by atoms with E-state index in [-0.39, 0.29) is 17.0 Å². The number of hydrogen-bond donors (Lipinski definition) is 2. The second kappa shape index (κ2) is 5.55. The second-order valence-electron chi connectivity index (χ2n) is 5.92. The fourth-order valence-electron chi connectivity index (χ4n) is 2.65. The van der Waals surface area contributed by atoms with Crippen LogP contribution in [0, 0.1) is 11.2 Å². The van der Waals surface area contributed by atoms with Crippen LogP contribution in [0.2, 0.25) is 5.02 Å². The van der Waals surface area contributed by atoms with E-state index in [1.54, 1.807) is 0 Å². The molecule has 0 aromatic heterocycles. The molecule has 1 aromatic carbocycles. The molecule has 1 aliphatic carbocycles. The predicted molar refractivity (Wildman–Crippen MR) is 80.8 cm³/mol. The molecule has 0 heterocycles. The van der Waals surface area contributed by atoms with Crippen molar-refractivity contribution < 1.29 is 13.9 Å². The number of anilines is 1. The SMILES string of the molecule is CCOC1CC(N)(C(=O)Nc2ccc(F)cc2Cl)C1(C)C. The molecule has 2 unspecified atom stereocenters. The van der Waals surface area contributed by atoms with E-state index in [0.717, 1.165) is 6.07 Å². The van der Waals surface area contributed by atoms with Crippen molar-refractivity contribution in [1.29, 1.82) is 0 Å². The normalized spacial score (nSPS) is 27.0. The van der Waals surface area contributed by atoms with Crippen LogP contribution < -0.4 is 11.1 Å². The lowest BCUT2D eigenvalue weighted by atomic mass is 9.54. The fraction of sp³-hybridized carbons (Fsp3) is 0.533. The molecule has 1 saturated carbocycles. The average Bonchev–Trinajstić information content (AvgIpc) is 2.41. The van der Waals surface area contributed by atoms with Gasteiger partial charge in [0.05, 0.1) is 16.8 Å². The first-order valence-electron chi connectivity index (χ1n) is 6.89. The van der Waals surface area contributed by atoms with E-state index in [1.165, 1.54) is 12.1 Å². The molecule has 21 heavy (non-hydrogen) atoms. The zero-order valence-corrected chi connectivity index (χ0v) is 13.1. The number of benzene rings is 1. The quantitative estimate of drug-likeness (QED) is 0.898. The van der Waals surface area contributed by atoms with Crippen molar-refractivity contribution >= 4 is 23.2 Å². The molecule has 2 rings (SSSR count). The molecule has 1 aromatic rings. The Hall–Kier alpha value is -1.17. The van der Waals surface area contributed by atoms with Crippen LogP contribution in [-0.2, 0) is 9.53 Å². The van der Waals surface area contributed by atoms with Crippen LogP contribution in [0.3, 0.4) is 0 Å². The van der Waals surface area contributed by atoms with Gasteiger partial charge in [-0.3, -0.25) is 4.79 Å². The molecule has 0 saturated heterocycles. The van der Waals surface area contributed by atoms with Gasteiger partial charge in [-0.05, 0) is 25.1 Å². The summed E-state index contributed by atoms with van der Waals surface area (Å²) in [5, 5.41) is 2.82. The summed E-state index contributed by atoms with van der Waals surface area (Å²) in [4.78, 5) is 12.5. The lowest BCUT2D eigenvalue weighted by Gasteiger charge is -2.57. The zero-order valence-electron chi connectivity index (χ0n) is 12.4. The summed E-state index contributed by atoms with van der Waals surface area (Å²) in [5.74, 6) is -0.794. The van der Waals surface area contributed by atoms with Crippen molar-refractivity contribution in [2.24, 2.45) is 11.1 Å². The van der Waals surface area contributed by atoms with E-state index in [1.807, 2.05) is 20.8 Å². The van der Waals surface area contributed by atoms with Gasteiger partial charge in [-0.25, -0.2) is 4.39 Å². The Morgan fingerprint density at radius 2 is 2.24 bits per heavy atom. The number of amides is 1. The first kappa shape index (κ1) is 16.2. The number of ether oxygens (including phenoxy) is 1. The summed E-state index contributed by atoms with van der Waals surface area (Å²) in [5.41, 5.74) is 5.09. The molecule has 0 bridgehead atoms. The number of hydrogen-bond acceptors (Lipinski definition) is 3. The van der Waals surface area contributed by atoms with Crippen molar-refractivity contribution in [3.63, 3.8) is 0 Å². The summed E-state index contributed by atoms with van der Waals surface area (Å²) in [6.45, 7) is 6.30. The van der Waals surface area contributed by atoms with Crippen LogP contribution in [0.15, 0.2) is 18.2 Å². The third-order valence-corrected chi connectivity index (χ3v) is 4.73. The monoisotopic (exact) mass is 314 g/mol. The number of rotatable bonds is 4. The standard InChI is InChI=1S/C15H20ClFN2O2/c1-4-21-12-8-15(18,14(12,2)3)13(20)19-11-6-5-9(17)7-10(11)16/h5-7,12H,4,8,18H2,1-3H3,(H,19,20). The van der Waals surface area contributed by atoms with Gasteiger partial charge in [0.1, 0.15) is 11.4 Å². The van der Waals surface area contributed by atoms with Gasteiger partial charge in [0.25, 0.3) is 0 Å². The lowest BCUT2D eigenvalue weighted by molar-refractivity contribution is -0.166. The number of halogens is 2. The van der Waals surface area contributed by atoms with E-state index in [4.69, 9.17) is 22.1 Å². The van der Waals surface area contributed by atoms with Crippen LogP contribution >= 0.6 is 11.6 Å². The molecular formula is C15H20ClFN2O2. The largest absolute Gasteiger partial charge is 0.378 e. The minimum atomic E-state index is -1.04. The maximum absolute atomic E-state index is 13.0. The highest BCUT2D eigenvalue weighted by molar-refractivity contribution is 6.33. The van der Waals surface area contributed by atoms with E-state index in [0.29, 0.717) is 18.7 Å². The molecule has 6 heteroatoms. The molecule has 1 amide bonds. The summed E-state index contributed by atoms with van der Waals surface area (Å²) < 4.78 is 18.6. The lowest BCUT2D eigenvalue weighted by Crippen LogP contribution is -2.74. The van der Waals surface area contributed by atoms with Crippen molar-refractivity contribution in [2.75, 3.05) is 11.9 Å². The summed E-state index contributed by atoms with van der Waals surface area (Å²) >= 11 is 5.91. The molecule has 0 spiro atoms. The number of carbonyl (C=O) groups is 1. The first-order valence-corrected chi connectivity index (χ1v) is 7.27. The van der Waals surface area contributed by atoms with E-state index >= 15 is 0 Å². The Morgan fingerprint density at radius 1 is 1.57 bits per heavy atom. The highest BCUT2D eigenvalue weighted by atomic mass is 35.5. The number of nitrogens with two attached hydrogens (primary N) is 1. The minimum absolute atomic E-state index is 0.0538. The third-order valence-electron chi connectivity index (χ3n) is 4.41. The third kappa shape index (κ3) is 2.65. The van der Waals surface area contributed by atoms with E-state index < -0.39 is 16.8 Å².